The first-order valence-corrected chi connectivity index (χ1v) is 10.8. The Balaban J connectivity index is -0.00000210. The molecule has 0 aliphatic carbocycles. The normalized spacial score (nSPS) is 11.5. The number of benzene rings is 2. The molecule has 160 valence electrons. The van der Waals surface area contributed by atoms with E-state index in [9.17, 15) is 16.8 Å². The fraction of sp³-hybridized carbons (Fsp3) is 0.375. The van der Waals surface area contributed by atoms with Crippen molar-refractivity contribution in [2.24, 2.45) is 0 Å². The SMILES string of the molecule is O=S(=O)(O)OS(=O)(=O)OCCOCCOCCOc1ccc2ccccc2c1.[H-].[H-].[K+].[K+]. The van der Waals surface area contributed by atoms with Crippen molar-refractivity contribution < 1.29 is 149 Å². The molecule has 1 N–H and O–H groups in total. The summed E-state index contributed by atoms with van der Waals surface area (Å²) in [4.78, 5) is 0. The van der Waals surface area contributed by atoms with E-state index in [1.54, 1.807) is 0 Å². The van der Waals surface area contributed by atoms with Gasteiger partial charge in [0.2, 0.25) is 0 Å². The summed E-state index contributed by atoms with van der Waals surface area (Å²) in [5.41, 5.74) is 0. The second kappa shape index (κ2) is 16.2. The molecule has 0 amide bonds. The van der Waals surface area contributed by atoms with E-state index < -0.39 is 27.4 Å². The molecule has 0 spiro atoms. The molecule has 0 heterocycles. The third kappa shape index (κ3) is 13.9. The minimum atomic E-state index is -5.16. The molecular weight excluding hydrogens is 494 g/mol. The van der Waals surface area contributed by atoms with Crippen LogP contribution < -0.4 is 108 Å². The van der Waals surface area contributed by atoms with Crippen LogP contribution in [-0.2, 0) is 38.1 Å². The summed E-state index contributed by atoms with van der Waals surface area (Å²) >= 11 is 0. The molecule has 0 unspecified atom stereocenters. The van der Waals surface area contributed by atoms with Crippen molar-refractivity contribution in [3.8, 4) is 5.75 Å². The van der Waals surface area contributed by atoms with Crippen LogP contribution in [0.15, 0.2) is 42.5 Å². The van der Waals surface area contributed by atoms with Crippen LogP contribution in [0.1, 0.15) is 2.85 Å². The maximum absolute atomic E-state index is 11.0. The van der Waals surface area contributed by atoms with Crippen molar-refractivity contribution in [2.75, 3.05) is 39.6 Å². The molecule has 14 heteroatoms. The Kier molecular flexibility index (Phi) is 17.0. The Morgan fingerprint density at radius 3 is 1.97 bits per heavy atom. The largest absolute Gasteiger partial charge is 1.00 e. The molecule has 0 aromatic heterocycles. The fourth-order valence-corrected chi connectivity index (χ4v) is 3.39. The van der Waals surface area contributed by atoms with Gasteiger partial charge in [0.05, 0.1) is 33.0 Å². The maximum atomic E-state index is 11.0. The van der Waals surface area contributed by atoms with Crippen molar-refractivity contribution in [2.45, 2.75) is 0 Å². The van der Waals surface area contributed by atoms with Crippen molar-refractivity contribution in [1.29, 1.82) is 0 Å². The smallest absolute Gasteiger partial charge is 1.00 e. The van der Waals surface area contributed by atoms with Crippen molar-refractivity contribution in [3.63, 3.8) is 0 Å². The van der Waals surface area contributed by atoms with Gasteiger partial charge in [-0.05, 0) is 22.9 Å². The molecule has 2 aromatic rings. The number of hydrogen-bond donors (Lipinski definition) is 1. The predicted octanol–water partition coefficient (Wildman–Crippen LogP) is -4.43. The van der Waals surface area contributed by atoms with E-state index in [-0.39, 0.29) is 125 Å². The van der Waals surface area contributed by atoms with Crippen LogP contribution in [0.4, 0.5) is 0 Å². The number of ether oxygens (including phenoxy) is 3. The van der Waals surface area contributed by atoms with E-state index in [1.165, 1.54) is 0 Å². The van der Waals surface area contributed by atoms with Gasteiger partial charge in [0.1, 0.15) is 12.4 Å². The first-order valence-electron chi connectivity index (χ1n) is 8.10. The summed E-state index contributed by atoms with van der Waals surface area (Å²) in [6.45, 7) is 0.470. The Morgan fingerprint density at radius 2 is 1.33 bits per heavy atom. The van der Waals surface area contributed by atoms with Gasteiger partial charge in [-0.25, -0.2) is 4.18 Å². The third-order valence-electron chi connectivity index (χ3n) is 3.21. The van der Waals surface area contributed by atoms with Gasteiger partial charge in [-0.3, -0.25) is 4.55 Å². The summed E-state index contributed by atoms with van der Waals surface area (Å²) in [5, 5.41) is 2.21. The zero-order chi connectivity index (χ0) is 20.5. The summed E-state index contributed by atoms with van der Waals surface area (Å²) in [7, 11) is -10.0. The summed E-state index contributed by atoms with van der Waals surface area (Å²) in [6, 6.07) is 13.7. The van der Waals surface area contributed by atoms with E-state index >= 15 is 0 Å². The van der Waals surface area contributed by atoms with Gasteiger partial charge in [0.15, 0.2) is 0 Å². The zero-order valence-electron chi connectivity index (χ0n) is 18.7. The molecule has 0 aliphatic rings. The van der Waals surface area contributed by atoms with Crippen LogP contribution in [0.5, 0.6) is 5.75 Å². The van der Waals surface area contributed by atoms with E-state index in [0.717, 1.165) is 16.5 Å². The number of rotatable bonds is 13. The summed E-state index contributed by atoms with van der Waals surface area (Å²) in [6.07, 6.45) is 0. The zero-order valence-corrected chi connectivity index (χ0v) is 24.6. The first-order chi connectivity index (χ1) is 13.3. The van der Waals surface area contributed by atoms with Crippen molar-refractivity contribution >= 4 is 31.6 Å². The number of fused-ring (bicyclic) bond motifs is 1. The summed E-state index contributed by atoms with van der Waals surface area (Å²) < 4.78 is 74.2. The average molecular weight is 517 g/mol. The summed E-state index contributed by atoms with van der Waals surface area (Å²) in [5.74, 6) is 0.740. The molecule has 0 radical (unpaired) electrons. The molecule has 0 bridgehead atoms. The van der Waals surface area contributed by atoms with Crippen LogP contribution in [0.25, 0.3) is 10.8 Å². The fourth-order valence-electron chi connectivity index (χ4n) is 2.12. The van der Waals surface area contributed by atoms with Gasteiger partial charge in [0.25, 0.3) is 0 Å². The Hall–Kier alpha value is 1.47. The Labute approximate surface area is 264 Å². The Morgan fingerprint density at radius 1 is 0.767 bits per heavy atom. The molecule has 10 nitrogen and oxygen atoms in total. The van der Waals surface area contributed by atoms with Crippen molar-refractivity contribution in [3.05, 3.63) is 42.5 Å². The molecule has 0 atom stereocenters. The van der Waals surface area contributed by atoms with Crippen LogP contribution in [0.3, 0.4) is 0 Å². The molecular formula is C16H22K2O10S2. The number of hydrogen-bond acceptors (Lipinski definition) is 9. The standard InChI is InChI=1S/C16H20O10S2.2K.2H/c17-27(18,19)26-28(20,21)25-12-10-23-8-7-22-9-11-24-16-6-5-14-3-1-2-4-15(14)13-16;;;;/h1-6,13H,7-12H2,(H,17,18,19);;;;/q;2*+1;2*-1. The molecule has 30 heavy (non-hydrogen) atoms. The molecule has 2 rings (SSSR count). The second-order valence-electron chi connectivity index (χ2n) is 5.31. The molecule has 0 saturated heterocycles. The minimum Gasteiger partial charge on any atom is -1.00 e. The van der Waals surface area contributed by atoms with E-state index in [1.807, 2.05) is 42.5 Å². The van der Waals surface area contributed by atoms with Gasteiger partial charge < -0.3 is 17.1 Å². The third-order valence-corrected chi connectivity index (χ3v) is 5.02. The molecule has 0 fully saturated rings. The van der Waals surface area contributed by atoms with Gasteiger partial charge >= 0.3 is 124 Å². The first kappa shape index (κ1) is 31.5. The van der Waals surface area contributed by atoms with E-state index in [0.29, 0.717) is 13.2 Å². The van der Waals surface area contributed by atoms with Gasteiger partial charge in [-0.2, -0.15) is 16.8 Å². The second-order valence-corrected chi connectivity index (χ2v) is 7.76. The van der Waals surface area contributed by atoms with Crippen LogP contribution in [0, 0.1) is 0 Å². The predicted molar refractivity (Wildman–Crippen MR) is 101 cm³/mol. The maximum Gasteiger partial charge on any atom is 1.00 e. The van der Waals surface area contributed by atoms with Gasteiger partial charge in [-0.1, -0.05) is 30.3 Å². The monoisotopic (exact) mass is 516 g/mol. The van der Waals surface area contributed by atoms with Crippen LogP contribution in [-0.4, -0.2) is 61.0 Å². The van der Waals surface area contributed by atoms with Crippen molar-refractivity contribution in [1.82, 2.24) is 0 Å². The molecule has 0 saturated carbocycles. The van der Waals surface area contributed by atoms with Crippen LogP contribution >= 0.6 is 0 Å². The average Bonchev–Trinajstić information content (AvgIpc) is 2.61. The quantitative estimate of drug-likeness (QED) is 0.158. The molecule has 0 aliphatic heterocycles. The van der Waals surface area contributed by atoms with E-state index in [2.05, 4.69) is 7.81 Å². The van der Waals surface area contributed by atoms with Gasteiger partial charge in [0, 0.05) is 0 Å². The topological polar surface area (TPSA) is 135 Å². The van der Waals surface area contributed by atoms with E-state index in [4.69, 9.17) is 18.8 Å². The van der Waals surface area contributed by atoms with Gasteiger partial charge in [-0.15, -0.1) is 3.63 Å². The van der Waals surface area contributed by atoms with Crippen LogP contribution in [0.2, 0.25) is 0 Å². The Bertz CT molecular complexity index is 978. The minimum absolute atomic E-state index is 0. The molecule has 2 aromatic carbocycles.